The second kappa shape index (κ2) is 12.9. The van der Waals surface area contributed by atoms with Crippen molar-refractivity contribution in [1.82, 2.24) is 14.5 Å². The van der Waals surface area contributed by atoms with Crippen molar-refractivity contribution in [2.75, 3.05) is 19.6 Å². The molecular weight excluding hydrogens is 338 g/mol. The zero-order valence-electron chi connectivity index (χ0n) is 16.7. The number of aromatic nitrogens is 2. The minimum absolute atomic E-state index is 0.250. The summed E-state index contributed by atoms with van der Waals surface area (Å²) in [6.07, 6.45) is 15.7. The third-order valence-electron chi connectivity index (χ3n) is 4.67. The molecule has 3 heterocycles. The van der Waals surface area contributed by atoms with E-state index in [2.05, 4.69) is 28.7 Å². The lowest BCUT2D eigenvalue weighted by atomic mass is 9.99. The lowest BCUT2D eigenvalue weighted by molar-refractivity contribution is -0.122. The summed E-state index contributed by atoms with van der Waals surface area (Å²) in [6, 6.07) is 0. The van der Waals surface area contributed by atoms with Crippen molar-refractivity contribution in [3.8, 4) is 0 Å². The average molecular weight is 372 g/mol. The molecule has 0 spiro atoms. The van der Waals surface area contributed by atoms with Gasteiger partial charge in [-0.3, -0.25) is 4.79 Å². The van der Waals surface area contributed by atoms with Crippen LogP contribution in [0.15, 0.2) is 49.4 Å². The first kappa shape index (κ1) is 22.6. The van der Waals surface area contributed by atoms with Gasteiger partial charge in [0.2, 0.25) is 0 Å². The topological polar surface area (TPSA) is 58.4 Å². The smallest absolute Gasteiger partial charge is 0.290 e. The van der Waals surface area contributed by atoms with Gasteiger partial charge < -0.3 is 14.6 Å². The predicted molar refractivity (Wildman–Crippen MR) is 113 cm³/mol. The van der Waals surface area contributed by atoms with E-state index in [0.717, 1.165) is 25.8 Å². The maximum atomic E-state index is 8.36. The van der Waals surface area contributed by atoms with Crippen LogP contribution in [0.25, 0.3) is 5.70 Å². The Morgan fingerprint density at radius 1 is 1.22 bits per heavy atom. The summed E-state index contributed by atoms with van der Waals surface area (Å²) in [4.78, 5) is 15.6. The quantitative estimate of drug-likeness (QED) is 0.597. The van der Waals surface area contributed by atoms with E-state index in [0.29, 0.717) is 0 Å². The third-order valence-corrected chi connectivity index (χ3v) is 4.67. The Balaban J connectivity index is 0.000000665. The summed E-state index contributed by atoms with van der Waals surface area (Å²) < 4.78 is 2.24. The molecule has 1 aromatic rings. The molecule has 0 saturated carbocycles. The van der Waals surface area contributed by atoms with Gasteiger partial charge >= 0.3 is 0 Å². The van der Waals surface area contributed by atoms with E-state index < -0.39 is 0 Å². The number of nitrogens with zero attached hydrogens (tertiary/aromatic N) is 3. The van der Waals surface area contributed by atoms with Crippen molar-refractivity contribution in [3.63, 3.8) is 0 Å². The predicted octanol–water partition coefficient (Wildman–Crippen LogP) is 4.33. The van der Waals surface area contributed by atoms with Gasteiger partial charge in [-0.15, -0.1) is 0 Å². The number of allylic oxidation sites excluding steroid dienone is 6. The molecule has 0 aliphatic carbocycles. The second-order valence-corrected chi connectivity index (χ2v) is 6.12. The largest absolute Gasteiger partial charge is 0.483 e. The molecule has 1 N–H and O–H groups in total. The van der Waals surface area contributed by atoms with Gasteiger partial charge in [-0.25, -0.2) is 4.98 Å². The van der Waals surface area contributed by atoms with Crippen LogP contribution in [0.2, 0.25) is 0 Å². The summed E-state index contributed by atoms with van der Waals surface area (Å²) in [6.45, 7) is 15.1. The molecule has 2 aliphatic rings. The highest BCUT2D eigenvalue weighted by atomic mass is 16.3. The molecule has 0 aromatic carbocycles. The van der Waals surface area contributed by atoms with Crippen LogP contribution in [-0.4, -0.2) is 45.7 Å². The lowest BCUT2D eigenvalue weighted by Crippen LogP contribution is -2.22. The van der Waals surface area contributed by atoms with Gasteiger partial charge in [0.1, 0.15) is 0 Å². The highest BCUT2D eigenvalue weighted by molar-refractivity contribution is 5.67. The molecule has 1 aromatic heterocycles. The Morgan fingerprint density at radius 2 is 1.89 bits per heavy atom. The van der Waals surface area contributed by atoms with Crippen LogP contribution in [-0.2, 0) is 17.6 Å². The lowest BCUT2D eigenvalue weighted by Gasteiger charge is -2.20. The first-order chi connectivity index (χ1) is 13.2. The number of hydrogen-bond donors (Lipinski definition) is 1. The molecule has 0 radical (unpaired) electrons. The Labute approximate surface area is 163 Å². The van der Waals surface area contributed by atoms with Crippen LogP contribution in [0.1, 0.15) is 44.5 Å². The average Bonchev–Trinajstić information content (AvgIpc) is 3.36. The molecule has 2 aliphatic heterocycles. The van der Waals surface area contributed by atoms with E-state index >= 15 is 0 Å². The maximum absolute atomic E-state index is 8.36. The van der Waals surface area contributed by atoms with Crippen LogP contribution in [0.4, 0.5) is 0 Å². The number of imidazole rings is 1. The van der Waals surface area contributed by atoms with Crippen LogP contribution in [0, 0.1) is 0 Å². The Kier molecular flexibility index (Phi) is 10.8. The van der Waals surface area contributed by atoms with Gasteiger partial charge in [0.15, 0.2) is 0 Å². The van der Waals surface area contributed by atoms with Gasteiger partial charge in [0, 0.05) is 24.4 Å². The molecule has 0 bridgehead atoms. The van der Waals surface area contributed by atoms with E-state index in [1.54, 1.807) is 0 Å². The van der Waals surface area contributed by atoms with E-state index in [4.69, 9.17) is 14.9 Å². The van der Waals surface area contributed by atoms with Crippen molar-refractivity contribution in [1.29, 1.82) is 0 Å². The highest BCUT2D eigenvalue weighted by Gasteiger charge is 2.20. The van der Waals surface area contributed by atoms with Gasteiger partial charge in [0.25, 0.3) is 6.47 Å². The standard InChI is InChI=1S/C19H25N3.C2H6.CH2O2/c1-3-5-8-18-16(4-2)9-10-19-17(20-15-22(18)19)11-14-21-12-6-7-13-21;1-2;2-1-3/h3-5,8,15H,1-2,6-7,9-14H2;1-2H3;1H,(H,2,3)/b8-5-;;. The van der Waals surface area contributed by atoms with Crippen molar-refractivity contribution < 1.29 is 9.90 Å². The van der Waals surface area contributed by atoms with Crippen molar-refractivity contribution in [2.45, 2.75) is 46.0 Å². The van der Waals surface area contributed by atoms with Gasteiger partial charge in [-0.05, 0) is 50.4 Å². The van der Waals surface area contributed by atoms with Crippen molar-refractivity contribution in [2.24, 2.45) is 0 Å². The zero-order chi connectivity index (χ0) is 20.1. The van der Waals surface area contributed by atoms with Crippen LogP contribution in [0.3, 0.4) is 0 Å². The Hall–Kier alpha value is -2.40. The molecule has 0 atom stereocenters. The summed E-state index contributed by atoms with van der Waals surface area (Å²) in [5, 5.41) is 6.89. The van der Waals surface area contributed by atoms with Crippen LogP contribution >= 0.6 is 0 Å². The minimum atomic E-state index is -0.250. The monoisotopic (exact) mass is 371 g/mol. The van der Waals surface area contributed by atoms with Crippen molar-refractivity contribution >= 4 is 12.2 Å². The number of fused-ring (bicyclic) bond motifs is 1. The van der Waals surface area contributed by atoms with Gasteiger partial charge in [0.05, 0.1) is 12.0 Å². The summed E-state index contributed by atoms with van der Waals surface area (Å²) in [5.74, 6) is 0. The molecule has 0 unspecified atom stereocenters. The molecule has 27 heavy (non-hydrogen) atoms. The summed E-state index contributed by atoms with van der Waals surface area (Å²) in [7, 11) is 0. The SMILES string of the molecule is C=C/C=C\C1=C(C=C)CCc2c(CCN3CCCC3)ncn21.CC.O=CO. The highest BCUT2D eigenvalue weighted by Crippen LogP contribution is 2.29. The molecule has 1 fully saturated rings. The first-order valence-corrected chi connectivity index (χ1v) is 9.75. The minimum Gasteiger partial charge on any atom is -0.483 e. The summed E-state index contributed by atoms with van der Waals surface area (Å²) >= 11 is 0. The summed E-state index contributed by atoms with van der Waals surface area (Å²) in [5.41, 5.74) is 5.11. The molecular formula is C22H33N3O2. The fourth-order valence-corrected chi connectivity index (χ4v) is 3.45. The normalized spacial score (nSPS) is 16.1. The van der Waals surface area contributed by atoms with E-state index in [9.17, 15) is 0 Å². The fourth-order valence-electron chi connectivity index (χ4n) is 3.45. The first-order valence-electron chi connectivity index (χ1n) is 9.75. The van der Waals surface area contributed by atoms with Crippen LogP contribution in [0.5, 0.6) is 0 Å². The van der Waals surface area contributed by atoms with Crippen molar-refractivity contribution in [3.05, 3.63) is 60.8 Å². The Morgan fingerprint density at radius 3 is 2.48 bits per heavy atom. The van der Waals surface area contributed by atoms with E-state index in [1.807, 2.05) is 38.4 Å². The molecule has 0 amide bonds. The van der Waals surface area contributed by atoms with E-state index in [1.165, 1.54) is 48.6 Å². The fraction of sp³-hybridized carbons (Fsp3) is 0.455. The number of likely N-dealkylation sites (tertiary alicyclic amines) is 1. The van der Waals surface area contributed by atoms with Gasteiger partial charge in [-0.1, -0.05) is 45.2 Å². The number of carboxylic acid groups (broad SMARTS) is 1. The van der Waals surface area contributed by atoms with E-state index in [-0.39, 0.29) is 6.47 Å². The molecule has 5 heteroatoms. The molecule has 148 valence electrons. The van der Waals surface area contributed by atoms with Crippen LogP contribution < -0.4 is 0 Å². The molecule has 3 rings (SSSR count). The number of carbonyl (C=O) groups is 1. The van der Waals surface area contributed by atoms with Gasteiger partial charge in [-0.2, -0.15) is 0 Å². The third kappa shape index (κ3) is 6.36. The molecule has 5 nitrogen and oxygen atoms in total. The molecule has 1 saturated heterocycles. The zero-order valence-corrected chi connectivity index (χ0v) is 16.7. The second-order valence-electron chi connectivity index (χ2n) is 6.12. The Bertz CT molecular complexity index is 665. The maximum Gasteiger partial charge on any atom is 0.290 e. The number of rotatable bonds is 6. The number of hydrogen-bond acceptors (Lipinski definition) is 3.